The van der Waals surface area contributed by atoms with Crippen molar-refractivity contribution < 1.29 is 0 Å². The number of fused-ring (bicyclic) bond motifs is 1. The normalized spacial score (nSPS) is 23.4. The van der Waals surface area contributed by atoms with Crippen LogP contribution in [0.3, 0.4) is 0 Å². The minimum absolute atomic E-state index is 0.467. The molecule has 2 unspecified atom stereocenters. The summed E-state index contributed by atoms with van der Waals surface area (Å²) in [6.07, 6.45) is 4.17. The molecule has 5 nitrogen and oxygen atoms in total. The van der Waals surface area contributed by atoms with E-state index in [0.29, 0.717) is 12.1 Å². The van der Waals surface area contributed by atoms with Gasteiger partial charge in [0.2, 0.25) is 5.95 Å². The van der Waals surface area contributed by atoms with Crippen LogP contribution in [0, 0.1) is 0 Å². The van der Waals surface area contributed by atoms with Gasteiger partial charge >= 0.3 is 0 Å². The topological polar surface area (TPSA) is 45.5 Å². The second-order valence-electron chi connectivity index (χ2n) is 5.26. The fraction of sp³-hybridized carbons (Fsp3) is 0.571. The fourth-order valence-corrected chi connectivity index (χ4v) is 3.15. The molecule has 3 heterocycles. The van der Waals surface area contributed by atoms with Gasteiger partial charge in [-0.05, 0) is 40.9 Å². The molecule has 1 N–H and O–H groups in total. The third-order valence-electron chi connectivity index (χ3n) is 4.02. The lowest BCUT2D eigenvalue weighted by Crippen LogP contribution is -2.56. The van der Waals surface area contributed by atoms with Crippen molar-refractivity contribution in [3.05, 3.63) is 22.8 Å². The highest BCUT2D eigenvalue weighted by Gasteiger charge is 2.28. The molecule has 1 fully saturated rings. The number of hydrogen-bond acceptors (Lipinski definition) is 4. The first kappa shape index (κ1) is 13.8. The Labute approximate surface area is 127 Å². The van der Waals surface area contributed by atoms with E-state index in [4.69, 9.17) is 4.98 Å². The van der Waals surface area contributed by atoms with E-state index in [-0.39, 0.29) is 0 Å². The Balaban J connectivity index is 1.96. The maximum Gasteiger partial charge on any atom is 0.246 e. The quantitative estimate of drug-likeness (QED) is 0.934. The minimum atomic E-state index is 0.467. The molecule has 0 spiro atoms. The Hall–Kier alpha value is -1.14. The first-order chi connectivity index (χ1) is 9.72. The lowest BCUT2D eigenvalue weighted by molar-refractivity contribution is 0.374. The van der Waals surface area contributed by atoms with E-state index in [1.54, 1.807) is 0 Å². The monoisotopic (exact) mass is 337 g/mol. The maximum absolute atomic E-state index is 4.71. The van der Waals surface area contributed by atoms with Crippen molar-refractivity contribution in [2.24, 2.45) is 0 Å². The van der Waals surface area contributed by atoms with Gasteiger partial charge in [-0.3, -0.25) is 0 Å². The summed E-state index contributed by atoms with van der Waals surface area (Å²) in [7, 11) is 0. The predicted molar refractivity (Wildman–Crippen MR) is 84.2 cm³/mol. The number of hydrogen-bond donors (Lipinski definition) is 1. The highest BCUT2D eigenvalue weighted by Crippen LogP contribution is 2.22. The van der Waals surface area contributed by atoms with Crippen LogP contribution < -0.4 is 10.2 Å². The number of rotatable bonds is 3. The number of nitrogens with zero attached hydrogens (tertiary/aromatic N) is 4. The molecule has 108 valence electrons. The highest BCUT2D eigenvalue weighted by molar-refractivity contribution is 9.10. The third-order valence-corrected chi connectivity index (χ3v) is 4.64. The SMILES string of the molecule is CCC1CN(c2nc3c(Br)cccn3n2)C(CC)CN1. The largest absolute Gasteiger partial charge is 0.334 e. The molecule has 1 aliphatic heterocycles. The van der Waals surface area contributed by atoms with Crippen molar-refractivity contribution >= 4 is 27.5 Å². The molecular formula is C14H20BrN5. The lowest BCUT2D eigenvalue weighted by atomic mass is 10.1. The smallest absolute Gasteiger partial charge is 0.246 e. The van der Waals surface area contributed by atoms with Crippen molar-refractivity contribution in [1.82, 2.24) is 19.9 Å². The molecule has 6 heteroatoms. The highest BCUT2D eigenvalue weighted by atomic mass is 79.9. The van der Waals surface area contributed by atoms with E-state index in [9.17, 15) is 0 Å². The van der Waals surface area contributed by atoms with Crippen LogP contribution in [0.1, 0.15) is 26.7 Å². The molecule has 0 saturated carbocycles. The summed E-state index contributed by atoms with van der Waals surface area (Å²) in [5, 5.41) is 8.24. The molecule has 0 radical (unpaired) electrons. The molecule has 0 aliphatic carbocycles. The summed E-state index contributed by atoms with van der Waals surface area (Å²) in [4.78, 5) is 7.06. The van der Waals surface area contributed by atoms with Crippen LogP contribution in [0.5, 0.6) is 0 Å². The molecule has 20 heavy (non-hydrogen) atoms. The number of halogens is 1. The molecule has 1 aliphatic rings. The van der Waals surface area contributed by atoms with Crippen LogP contribution in [0.4, 0.5) is 5.95 Å². The molecular weight excluding hydrogens is 318 g/mol. The van der Waals surface area contributed by atoms with Crippen molar-refractivity contribution in [1.29, 1.82) is 0 Å². The zero-order valence-electron chi connectivity index (χ0n) is 11.9. The summed E-state index contributed by atoms with van der Waals surface area (Å²) in [5.41, 5.74) is 0.879. The van der Waals surface area contributed by atoms with Gasteiger partial charge in [-0.25, -0.2) is 4.52 Å². The van der Waals surface area contributed by atoms with Gasteiger partial charge in [0.05, 0.1) is 4.47 Å². The Morgan fingerprint density at radius 1 is 1.40 bits per heavy atom. The van der Waals surface area contributed by atoms with Crippen molar-refractivity contribution in [3.8, 4) is 0 Å². The minimum Gasteiger partial charge on any atom is -0.334 e. The lowest BCUT2D eigenvalue weighted by Gasteiger charge is -2.39. The van der Waals surface area contributed by atoms with E-state index in [0.717, 1.165) is 42.0 Å². The average molecular weight is 338 g/mol. The van der Waals surface area contributed by atoms with Gasteiger partial charge in [-0.2, -0.15) is 4.98 Å². The molecule has 1 saturated heterocycles. The number of pyridine rings is 1. The number of piperazine rings is 1. The Kier molecular flexibility index (Phi) is 3.94. The third kappa shape index (κ3) is 2.42. The van der Waals surface area contributed by atoms with Crippen LogP contribution in [0.15, 0.2) is 22.8 Å². The first-order valence-electron chi connectivity index (χ1n) is 7.23. The van der Waals surface area contributed by atoms with Crippen LogP contribution in [0.2, 0.25) is 0 Å². The summed E-state index contributed by atoms with van der Waals surface area (Å²) in [6.45, 7) is 6.42. The van der Waals surface area contributed by atoms with Gasteiger partial charge in [0.15, 0.2) is 5.65 Å². The van der Waals surface area contributed by atoms with Crippen molar-refractivity contribution in [2.75, 3.05) is 18.0 Å². The Morgan fingerprint density at radius 2 is 2.25 bits per heavy atom. The van der Waals surface area contributed by atoms with Crippen molar-refractivity contribution in [2.45, 2.75) is 38.8 Å². The molecule has 3 rings (SSSR count). The molecule has 2 atom stereocenters. The summed E-state index contributed by atoms with van der Waals surface area (Å²) < 4.78 is 2.82. The van der Waals surface area contributed by atoms with E-state index in [2.05, 4.69) is 45.1 Å². The van der Waals surface area contributed by atoms with Crippen molar-refractivity contribution in [3.63, 3.8) is 0 Å². The molecule has 0 aromatic carbocycles. The Morgan fingerprint density at radius 3 is 2.95 bits per heavy atom. The molecule has 2 aromatic heterocycles. The zero-order valence-corrected chi connectivity index (χ0v) is 13.5. The maximum atomic E-state index is 4.71. The predicted octanol–water partition coefficient (Wildman–Crippen LogP) is 2.46. The molecule has 2 aromatic rings. The van der Waals surface area contributed by atoms with Gasteiger partial charge in [0, 0.05) is 31.4 Å². The standard InChI is InChI=1S/C14H20BrN5/c1-3-10-9-19(11(4-2)8-16-10)14-17-13-12(15)6-5-7-20(13)18-14/h5-7,10-11,16H,3-4,8-9H2,1-2H3. The van der Waals surface area contributed by atoms with Crippen LogP contribution in [-0.4, -0.2) is 39.8 Å². The van der Waals surface area contributed by atoms with Gasteiger partial charge in [-0.15, -0.1) is 5.10 Å². The van der Waals surface area contributed by atoms with E-state index >= 15 is 0 Å². The van der Waals surface area contributed by atoms with Crippen LogP contribution in [-0.2, 0) is 0 Å². The number of anilines is 1. The zero-order chi connectivity index (χ0) is 14.1. The van der Waals surface area contributed by atoms with Gasteiger partial charge in [0.1, 0.15) is 0 Å². The fourth-order valence-electron chi connectivity index (χ4n) is 2.73. The van der Waals surface area contributed by atoms with Gasteiger partial charge < -0.3 is 10.2 Å². The average Bonchev–Trinajstić information content (AvgIpc) is 2.92. The summed E-state index contributed by atoms with van der Waals surface area (Å²) >= 11 is 3.54. The van der Waals surface area contributed by atoms with Gasteiger partial charge in [0.25, 0.3) is 0 Å². The van der Waals surface area contributed by atoms with E-state index in [1.165, 1.54) is 0 Å². The van der Waals surface area contributed by atoms with E-state index in [1.807, 2.05) is 22.8 Å². The first-order valence-corrected chi connectivity index (χ1v) is 8.03. The van der Waals surface area contributed by atoms with Gasteiger partial charge in [-0.1, -0.05) is 13.8 Å². The second-order valence-corrected chi connectivity index (χ2v) is 6.12. The number of aromatic nitrogens is 3. The Bertz CT molecular complexity index is 596. The van der Waals surface area contributed by atoms with E-state index < -0.39 is 0 Å². The summed E-state index contributed by atoms with van der Waals surface area (Å²) in [5.74, 6) is 0.837. The second kappa shape index (κ2) is 5.69. The summed E-state index contributed by atoms with van der Waals surface area (Å²) in [6, 6.07) is 4.96. The van der Waals surface area contributed by atoms with Crippen LogP contribution >= 0.6 is 15.9 Å². The molecule has 0 amide bonds. The number of nitrogens with one attached hydrogen (secondary N) is 1. The molecule has 0 bridgehead atoms. The van der Waals surface area contributed by atoms with Crippen LogP contribution in [0.25, 0.3) is 5.65 Å².